The molecule has 0 spiro atoms. The van der Waals surface area contributed by atoms with Crippen LogP contribution in [0, 0.1) is 11.3 Å². The number of nitrogens with zero attached hydrogens (tertiary/aromatic N) is 2. The molecule has 1 heterocycles. The number of carbonyl (C=O) groups is 1. The molecule has 3 rings (SSSR count). The average Bonchev–Trinajstić information content (AvgIpc) is 2.58. The Balaban J connectivity index is 1.72. The number of anilines is 1. The van der Waals surface area contributed by atoms with Crippen LogP contribution in [-0.4, -0.2) is 24.0 Å². The molecule has 0 bridgehead atoms. The van der Waals surface area contributed by atoms with Crippen LogP contribution in [0.4, 0.5) is 5.69 Å². The Morgan fingerprint density at radius 1 is 1.28 bits per heavy atom. The van der Waals surface area contributed by atoms with Crippen LogP contribution < -0.4 is 9.64 Å². The van der Waals surface area contributed by atoms with Gasteiger partial charge in [-0.1, -0.05) is 11.6 Å². The highest BCUT2D eigenvalue weighted by atomic mass is 35.5. The summed E-state index contributed by atoms with van der Waals surface area (Å²) in [6.45, 7) is 6.49. The third-order valence-electron chi connectivity index (χ3n) is 4.76. The molecule has 0 N–H and O–H groups in total. The first-order valence-electron chi connectivity index (χ1n) is 8.08. The third kappa shape index (κ3) is 3.20. The predicted molar refractivity (Wildman–Crippen MR) is 98.5 cm³/mol. The highest BCUT2D eigenvalue weighted by molar-refractivity contribution is 6.32. The summed E-state index contributed by atoms with van der Waals surface area (Å²) in [5, 5.41) is 9.45. The predicted octanol–water partition coefficient (Wildman–Crippen LogP) is 4.46. The second kappa shape index (κ2) is 6.42. The van der Waals surface area contributed by atoms with Crippen molar-refractivity contribution in [3.05, 3.63) is 58.6 Å². The van der Waals surface area contributed by atoms with E-state index in [1.807, 2.05) is 24.3 Å². The molecule has 0 radical (unpaired) electrons. The number of carbonyl (C=O) groups excluding carboxylic acids is 1. The minimum Gasteiger partial charge on any atom is -0.486 e. The first-order valence-corrected chi connectivity index (χ1v) is 8.45. The minimum atomic E-state index is -0.212. The van der Waals surface area contributed by atoms with E-state index in [0.717, 1.165) is 18.0 Å². The van der Waals surface area contributed by atoms with Crippen LogP contribution in [0.3, 0.4) is 0 Å². The largest absolute Gasteiger partial charge is 0.486 e. The van der Waals surface area contributed by atoms with Gasteiger partial charge in [-0.15, -0.1) is 0 Å². The van der Waals surface area contributed by atoms with Crippen molar-refractivity contribution >= 4 is 23.1 Å². The van der Waals surface area contributed by atoms with Gasteiger partial charge in [-0.2, -0.15) is 5.26 Å². The van der Waals surface area contributed by atoms with Gasteiger partial charge in [-0.3, -0.25) is 4.79 Å². The number of hydrogen-bond donors (Lipinski definition) is 0. The zero-order valence-corrected chi connectivity index (χ0v) is 15.2. The second-order valence-corrected chi connectivity index (χ2v) is 7.13. The SMILES string of the molecule is CC(=O)c1ccc(O[C@@H]2CN(c3ccc(C#N)c(Cl)c3)C2(C)C)cc1. The van der Waals surface area contributed by atoms with Crippen molar-refractivity contribution in [1.29, 1.82) is 5.26 Å². The molecule has 128 valence electrons. The summed E-state index contributed by atoms with van der Waals surface area (Å²) in [6.07, 6.45) is 0.0186. The lowest BCUT2D eigenvalue weighted by atomic mass is 9.84. The van der Waals surface area contributed by atoms with Crippen LogP contribution in [0.2, 0.25) is 5.02 Å². The van der Waals surface area contributed by atoms with Crippen LogP contribution in [0.1, 0.15) is 36.7 Å². The first kappa shape index (κ1) is 17.3. The zero-order valence-electron chi connectivity index (χ0n) is 14.4. The van der Waals surface area contributed by atoms with E-state index in [1.165, 1.54) is 0 Å². The molecule has 4 nitrogen and oxygen atoms in total. The molecule has 1 aliphatic heterocycles. The van der Waals surface area contributed by atoms with Crippen LogP contribution >= 0.6 is 11.6 Å². The molecule has 1 aliphatic rings. The van der Waals surface area contributed by atoms with Crippen LogP contribution in [-0.2, 0) is 0 Å². The number of nitriles is 1. The zero-order chi connectivity index (χ0) is 18.2. The number of hydrogen-bond acceptors (Lipinski definition) is 4. The summed E-state index contributed by atoms with van der Waals surface area (Å²) >= 11 is 6.15. The summed E-state index contributed by atoms with van der Waals surface area (Å²) in [7, 11) is 0. The van der Waals surface area contributed by atoms with Gasteiger partial charge in [0.25, 0.3) is 0 Å². The Morgan fingerprint density at radius 3 is 2.48 bits per heavy atom. The van der Waals surface area contributed by atoms with Gasteiger partial charge in [0.1, 0.15) is 17.9 Å². The second-order valence-electron chi connectivity index (χ2n) is 6.73. The maximum atomic E-state index is 11.3. The van der Waals surface area contributed by atoms with Gasteiger partial charge >= 0.3 is 0 Å². The Kier molecular flexibility index (Phi) is 4.45. The maximum Gasteiger partial charge on any atom is 0.159 e. The van der Waals surface area contributed by atoms with E-state index in [1.54, 1.807) is 25.1 Å². The van der Waals surface area contributed by atoms with Gasteiger partial charge in [0.2, 0.25) is 0 Å². The van der Waals surface area contributed by atoms with Crippen molar-refractivity contribution in [2.75, 3.05) is 11.4 Å². The lowest BCUT2D eigenvalue weighted by Crippen LogP contribution is -2.70. The first-order chi connectivity index (χ1) is 11.8. The molecular formula is C20H19ClN2O2. The van der Waals surface area contributed by atoms with E-state index in [9.17, 15) is 4.79 Å². The fraction of sp³-hybridized carbons (Fsp3) is 0.300. The number of benzene rings is 2. The lowest BCUT2D eigenvalue weighted by molar-refractivity contribution is 0.0651. The van der Waals surface area contributed by atoms with Gasteiger partial charge in [0, 0.05) is 11.3 Å². The van der Waals surface area contributed by atoms with Crippen molar-refractivity contribution in [3.8, 4) is 11.8 Å². The van der Waals surface area contributed by atoms with E-state index >= 15 is 0 Å². The minimum absolute atomic E-state index is 0.0186. The molecule has 1 fully saturated rings. The van der Waals surface area contributed by atoms with Crippen molar-refractivity contribution in [1.82, 2.24) is 0 Å². The quantitative estimate of drug-likeness (QED) is 0.760. The highest BCUT2D eigenvalue weighted by Gasteiger charge is 2.48. The molecular weight excluding hydrogens is 336 g/mol. The average molecular weight is 355 g/mol. The molecule has 5 heteroatoms. The molecule has 2 aromatic carbocycles. The fourth-order valence-corrected chi connectivity index (χ4v) is 3.22. The number of rotatable bonds is 4. The molecule has 0 aliphatic carbocycles. The normalized spacial score (nSPS) is 18.2. The molecule has 1 saturated heterocycles. The number of ether oxygens (including phenoxy) is 1. The Bertz CT molecular complexity index is 853. The van der Waals surface area contributed by atoms with Gasteiger partial charge in [-0.25, -0.2) is 0 Å². The van der Waals surface area contributed by atoms with E-state index in [4.69, 9.17) is 21.6 Å². The number of Topliss-reactive ketones (excluding diaryl/α,β-unsaturated/α-hetero) is 1. The fourth-order valence-electron chi connectivity index (χ4n) is 3.00. The number of ketones is 1. The maximum absolute atomic E-state index is 11.3. The van der Waals surface area contributed by atoms with Gasteiger partial charge in [0.05, 0.1) is 22.7 Å². The summed E-state index contributed by atoms with van der Waals surface area (Å²) in [6, 6.07) is 14.8. The van der Waals surface area contributed by atoms with E-state index < -0.39 is 0 Å². The van der Waals surface area contributed by atoms with Gasteiger partial charge in [-0.05, 0) is 63.2 Å². The van der Waals surface area contributed by atoms with E-state index in [2.05, 4.69) is 24.8 Å². The summed E-state index contributed by atoms with van der Waals surface area (Å²) < 4.78 is 6.09. The number of halogens is 1. The monoisotopic (exact) mass is 354 g/mol. The molecule has 0 saturated carbocycles. The smallest absolute Gasteiger partial charge is 0.159 e. The molecule has 0 amide bonds. The van der Waals surface area contributed by atoms with Crippen LogP contribution in [0.15, 0.2) is 42.5 Å². The molecule has 1 atom stereocenters. The van der Waals surface area contributed by atoms with Crippen LogP contribution in [0.25, 0.3) is 0 Å². The van der Waals surface area contributed by atoms with Gasteiger partial charge in [0.15, 0.2) is 5.78 Å². The van der Waals surface area contributed by atoms with Crippen molar-refractivity contribution in [2.45, 2.75) is 32.4 Å². The standard InChI is InChI=1S/C20H19ClN2O2/c1-13(24)14-5-8-17(9-6-14)25-19-12-23(20(19,2)3)16-7-4-15(11-22)18(21)10-16/h4-10,19H,12H2,1-3H3/t19-/m1/s1. The molecule has 25 heavy (non-hydrogen) atoms. The van der Waals surface area contributed by atoms with E-state index in [0.29, 0.717) is 16.1 Å². The highest BCUT2D eigenvalue weighted by Crippen LogP contribution is 2.39. The third-order valence-corrected chi connectivity index (χ3v) is 5.07. The van der Waals surface area contributed by atoms with Crippen molar-refractivity contribution < 1.29 is 9.53 Å². The Labute approximate surface area is 152 Å². The Hall–Kier alpha value is -2.51. The lowest BCUT2D eigenvalue weighted by Gasteiger charge is -2.55. The topological polar surface area (TPSA) is 53.3 Å². The van der Waals surface area contributed by atoms with Crippen molar-refractivity contribution in [3.63, 3.8) is 0 Å². The molecule has 0 aromatic heterocycles. The summed E-state index contributed by atoms with van der Waals surface area (Å²) in [4.78, 5) is 13.5. The molecule has 2 aromatic rings. The summed E-state index contributed by atoms with van der Waals surface area (Å²) in [5.41, 5.74) is 1.91. The van der Waals surface area contributed by atoms with Crippen LogP contribution in [0.5, 0.6) is 5.75 Å². The van der Waals surface area contributed by atoms with Gasteiger partial charge < -0.3 is 9.64 Å². The summed E-state index contributed by atoms with van der Waals surface area (Å²) in [5.74, 6) is 0.792. The molecule has 0 unspecified atom stereocenters. The van der Waals surface area contributed by atoms with E-state index in [-0.39, 0.29) is 17.4 Å². The Morgan fingerprint density at radius 2 is 1.96 bits per heavy atom. The van der Waals surface area contributed by atoms with Crippen molar-refractivity contribution in [2.24, 2.45) is 0 Å².